The van der Waals surface area contributed by atoms with E-state index < -0.39 is 0 Å². The van der Waals surface area contributed by atoms with E-state index in [1.807, 2.05) is 0 Å². The standard InChI is InChI=1S/C8H8N4OS/c9-12-11-1-2-14-8-3-7(6-13)4-10-5-8/h3-6H,1-2H2. The van der Waals surface area contributed by atoms with Crippen LogP contribution in [0.3, 0.4) is 0 Å². The summed E-state index contributed by atoms with van der Waals surface area (Å²) < 4.78 is 0. The third-order valence-corrected chi connectivity index (χ3v) is 2.34. The van der Waals surface area contributed by atoms with Gasteiger partial charge in [0.25, 0.3) is 0 Å². The van der Waals surface area contributed by atoms with E-state index in [9.17, 15) is 4.79 Å². The average Bonchev–Trinajstić information content (AvgIpc) is 2.25. The molecule has 0 fully saturated rings. The molecule has 0 saturated heterocycles. The normalized spacial score (nSPS) is 9.14. The van der Waals surface area contributed by atoms with Crippen LogP contribution in [0.5, 0.6) is 0 Å². The largest absolute Gasteiger partial charge is 0.298 e. The van der Waals surface area contributed by atoms with Crippen molar-refractivity contribution in [3.63, 3.8) is 0 Å². The van der Waals surface area contributed by atoms with Gasteiger partial charge in [-0.1, -0.05) is 5.11 Å². The van der Waals surface area contributed by atoms with Gasteiger partial charge < -0.3 is 0 Å². The molecule has 5 nitrogen and oxygen atoms in total. The van der Waals surface area contributed by atoms with Crippen molar-refractivity contribution in [3.05, 3.63) is 34.5 Å². The predicted octanol–water partition coefficient (Wildman–Crippen LogP) is 2.30. The van der Waals surface area contributed by atoms with E-state index in [4.69, 9.17) is 5.53 Å². The van der Waals surface area contributed by atoms with Gasteiger partial charge in [0.05, 0.1) is 0 Å². The van der Waals surface area contributed by atoms with Gasteiger partial charge >= 0.3 is 0 Å². The SMILES string of the molecule is [N-]=[N+]=NCCSc1cncc(C=O)c1. The molecule has 0 bridgehead atoms. The second-order valence-electron chi connectivity index (χ2n) is 2.37. The van der Waals surface area contributed by atoms with Crippen LogP contribution in [0.4, 0.5) is 0 Å². The molecule has 14 heavy (non-hydrogen) atoms. The zero-order valence-corrected chi connectivity index (χ0v) is 8.15. The Bertz CT molecular complexity index is 362. The number of aromatic nitrogens is 1. The second kappa shape index (κ2) is 6.01. The molecule has 1 aromatic heterocycles. The first-order valence-electron chi connectivity index (χ1n) is 3.90. The Morgan fingerprint density at radius 3 is 3.21 bits per heavy atom. The molecule has 0 radical (unpaired) electrons. The van der Waals surface area contributed by atoms with Crippen molar-refractivity contribution in [3.8, 4) is 0 Å². The highest BCUT2D eigenvalue weighted by Crippen LogP contribution is 2.16. The average molecular weight is 208 g/mol. The van der Waals surface area contributed by atoms with Crippen LogP contribution in [0.15, 0.2) is 28.5 Å². The summed E-state index contributed by atoms with van der Waals surface area (Å²) in [6.07, 6.45) is 3.93. The highest BCUT2D eigenvalue weighted by Gasteiger charge is 1.95. The molecule has 0 aromatic carbocycles. The van der Waals surface area contributed by atoms with Crippen molar-refractivity contribution in [2.45, 2.75) is 4.90 Å². The molecule has 0 spiro atoms. The van der Waals surface area contributed by atoms with Crippen molar-refractivity contribution >= 4 is 18.0 Å². The summed E-state index contributed by atoms with van der Waals surface area (Å²) in [5.74, 6) is 0.689. The summed E-state index contributed by atoms with van der Waals surface area (Å²) in [6.45, 7) is 0.437. The van der Waals surface area contributed by atoms with Crippen LogP contribution in [0, 0.1) is 0 Å². The van der Waals surface area contributed by atoms with Crippen LogP contribution in [-0.4, -0.2) is 23.6 Å². The lowest BCUT2D eigenvalue weighted by molar-refractivity contribution is 0.112. The number of pyridine rings is 1. The number of hydrogen-bond donors (Lipinski definition) is 0. The molecule has 0 saturated carbocycles. The van der Waals surface area contributed by atoms with Gasteiger partial charge in [0, 0.05) is 40.1 Å². The molecular weight excluding hydrogens is 200 g/mol. The predicted molar refractivity (Wildman–Crippen MR) is 54.4 cm³/mol. The maximum absolute atomic E-state index is 10.4. The molecule has 72 valence electrons. The van der Waals surface area contributed by atoms with E-state index in [0.29, 0.717) is 17.9 Å². The quantitative estimate of drug-likeness (QED) is 0.186. The minimum absolute atomic E-state index is 0.437. The number of rotatable bonds is 5. The molecule has 0 aliphatic carbocycles. The van der Waals surface area contributed by atoms with Gasteiger partial charge in [0.15, 0.2) is 6.29 Å². The van der Waals surface area contributed by atoms with Gasteiger partial charge in [0.1, 0.15) is 0 Å². The van der Waals surface area contributed by atoms with E-state index in [-0.39, 0.29) is 0 Å². The maximum Gasteiger partial charge on any atom is 0.151 e. The molecule has 0 amide bonds. The van der Waals surface area contributed by atoms with E-state index in [1.165, 1.54) is 18.0 Å². The first-order valence-corrected chi connectivity index (χ1v) is 4.89. The lowest BCUT2D eigenvalue weighted by Gasteiger charge is -1.98. The molecule has 0 atom stereocenters. The third-order valence-electron chi connectivity index (χ3n) is 1.39. The topological polar surface area (TPSA) is 78.7 Å². The number of aldehydes is 1. The summed E-state index contributed by atoms with van der Waals surface area (Å²) in [6, 6.07) is 1.75. The van der Waals surface area contributed by atoms with E-state index in [0.717, 1.165) is 11.2 Å². The van der Waals surface area contributed by atoms with Gasteiger partial charge in [-0.2, -0.15) is 0 Å². The Hall–Kier alpha value is -1.52. The molecule has 0 N–H and O–H groups in total. The first kappa shape index (κ1) is 10.6. The fourth-order valence-corrected chi connectivity index (χ4v) is 1.59. The van der Waals surface area contributed by atoms with Crippen LogP contribution in [0.1, 0.15) is 10.4 Å². The number of nitrogens with zero attached hydrogens (tertiary/aromatic N) is 4. The first-order chi connectivity index (χ1) is 6.86. The maximum atomic E-state index is 10.4. The van der Waals surface area contributed by atoms with Crippen LogP contribution < -0.4 is 0 Å². The lowest BCUT2D eigenvalue weighted by Crippen LogP contribution is -1.86. The van der Waals surface area contributed by atoms with Gasteiger partial charge in [-0.3, -0.25) is 9.78 Å². The monoisotopic (exact) mass is 208 g/mol. The van der Waals surface area contributed by atoms with Crippen molar-refractivity contribution in [2.24, 2.45) is 5.11 Å². The lowest BCUT2D eigenvalue weighted by atomic mass is 10.3. The van der Waals surface area contributed by atoms with Gasteiger partial charge in [0.2, 0.25) is 0 Å². The zero-order valence-electron chi connectivity index (χ0n) is 7.33. The fraction of sp³-hybridized carbons (Fsp3) is 0.250. The molecule has 1 heterocycles. The minimum atomic E-state index is 0.437. The van der Waals surface area contributed by atoms with E-state index in [1.54, 1.807) is 12.3 Å². The number of carbonyl (C=O) groups is 1. The minimum Gasteiger partial charge on any atom is -0.298 e. The summed E-state index contributed by atoms with van der Waals surface area (Å²) in [4.78, 5) is 17.9. The molecule has 0 unspecified atom stereocenters. The van der Waals surface area contributed by atoms with E-state index in [2.05, 4.69) is 15.0 Å². The van der Waals surface area contributed by atoms with E-state index >= 15 is 0 Å². The molecule has 6 heteroatoms. The molecule has 1 aromatic rings. The Balaban J connectivity index is 2.49. The highest BCUT2D eigenvalue weighted by atomic mass is 32.2. The number of thioether (sulfide) groups is 1. The number of hydrogen-bond acceptors (Lipinski definition) is 4. The van der Waals surface area contributed by atoms with Crippen LogP contribution in [0.25, 0.3) is 10.4 Å². The van der Waals surface area contributed by atoms with Gasteiger partial charge in [-0.15, -0.1) is 11.8 Å². The second-order valence-corrected chi connectivity index (χ2v) is 3.54. The van der Waals surface area contributed by atoms with Crippen LogP contribution in [-0.2, 0) is 0 Å². The van der Waals surface area contributed by atoms with Crippen molar-refractivity contribution in [1.82, 2.24) is 4.98 Å². The Kier molecular flexibility index (Phi) is 4.54. The van der Waals surface area contributed by atoms with Crippen LogP contribution in [0.2, 0.25) is 0 Å². The van der Waals surface area contributed by atoms with Crippen molar-refractivity contribution in [2.75, 3.05) is 12.3 Å². The number of azide groups is 1. The smallest absolute Gasteiger partial charge is 0.151 e. The van der Waals surface area contributed by atoms with Crippen molar-refractivity contribution < 1.29 is 4.79 Å². The third kappa shape index (κ3) is 3.47. The van der Waals surface area contributed by atoms with Crippen molar-refractivity contribution in [1.29, 1.82) is 0 Å². The van der Waals surface area contributed by atoms with Gasteiger partial charge in [-0.05, 0) is 11.6 Å². The number of carbonyl (C=O) groups excluding carboxylic acids is 1. The molecule has 0 aliphatic heterocycles. The van der Waals surface area contributed by atoms with Crippen LogP contribution >= 0.6 is 11.8 Å². The Morgan fingerprint density at radius 2 is 2.50 bits per heavy atom. The summed E-state index contributed by atoms with van der Waals surface area (Å²) >= 11 is 1.50. The Morgan fingerprint density at radius 1 is 1.64 bits per heavy atom. The summed E-state index contributed by atoms with van der Waals surface area (Å²) in [7, 11) is 0. The molecular formula is C8H8N4OS. The summed E-state index contributed by atoms with van der Waals surface area (Å²) in [5.41, 5.74) is 8.59. The molecule has 0 aliphatic rings. The molecule has 1 rings (SSSR count). The summed E-state index contributed by atoms with van der Waals surface area (Å²) in [5, 5.41) is 3.40. The Labute approximate surface area is 85.2 Å². The highest BCUT2D eigenvalue weighted by molar-refractivity contribution is 7.99. The fourth-order valence-electron chi connectivity index (χ4n) is 0.828. The van der Waals surface area contributed by atoms with Gasteiger partial charge in [-0.25, -0.2) is 0 Å². The zero-order chi connectivity index (χ0) is 10.2.